The summed E-state index contributed by atoms with van der Waals surface area (Å²) in [5, 5.41) is 9.01. The molecular weight excluding hydrogens is 375 g/mol. The maximum atomic E-state index is 13.0. The summed E-state index contributed by atoms with van der Waals surface area (Å²) in [6.07, 6.45) is -3.70. The lowest BCUT2D eigenvalue weighted by atomic mass is 10.1. The van der Waals surface area contributed by atoms with Gasteiger partial charge in [0.05, 0.1) is 11.3 Å². The van der Waals surface area contributed by atoms with E-state index in [1.165, 1.54) is 21.7 Å². The molecule has 1 amide bonds. The normalized spacial score (nSPS) is 11.6. The van der Waals surface area contributed by atoms with Crippen LogP contribution >= 0.6 is 11.3 Å². The van der Waals surface area contributed by atoms with Crippen molar-refractivity contribution in [3.8, 4) is 11.3 Å². The van der Waals surface area contributed by atoms with Gasteiger partial charge >= 0.3 is 6.18 Å². The Morgan fingerprint density at radius 2 is 2.04 bits per heavy atom. The number of carbonyl (C=O) groups is 1. The number of halogens is 3. The summed E-state index contributed by atoms with van der Waals surface area (Å²) in [6.45, 7) is 2.73. The maximum Gasteiger partial charge on any atom is 0.416 e. The smallest absolute Gasteiger partial charge is 0.350 e. The second kappa shape index (κ2) is 7.96. The topological polar surface area (TPSA) is 46.9 Å². The van der Waals surface area contributed by atoms with Crippen LogP contribution < -0.4 is 5.32 Å². The number of rotatable bonds is 6. The second-order valence-electron chi connectivity index (χ2n) is 5.89. The quantitative estimate of drug-likeness (QED) is 0.664. The summed E-state index contributed by atoms with van der Waals surface area (Å²) in [5.74, 6) is -0.341. The molecule has 3 aromatic rings. The molecule has 1 aromatic carbocycles. The van der Waals surface area contributed by atoms with E-state index < -0.39 is 11.7 Å². The highest BCUT2D eigenvalue weighted by Gasteiger charge is 2.30. The predicted molar refractivity (Wildman–Crippen MR) is 98.7 cm³/mol. The van der Waals surface area contributed by atoms with Gasteiger partial charge in [0, 0.05) is 23.5 Å². The number of amides is 1. The van der Waals surface area contributed by atoms with Crippen molar-refractivity contribution in [1.82, 2.24) is 15.1 Å². The highest BCUT2D eigenvalue weighted by Crippen LogP contribution is 2.32. The van der Waals surface area contributed by atoms with Crippen molar-refractivity contribution >= 4 is 17.2 Å². The summed E-state index contributed by atoms with van der Waals surface area (Å²) in [4.78, 5) is 13.5. The number of aryl methyl sites for hydroxylation is 1. The fraction of sp³-hybridized carbons (Fsp3) is 0.263. The molecule has 1 N–H and O–H groups in total. The molecule has 0 radical (unpaired) electrons. The number of carbonyl (C=O) groups excluding carboxylic acids is 1. The third kappa shape index (κ3) is 4.57. The van der Waals surface area contributed by atoms with Crippen LogP contribution in [0.5, 0.6) is 0 Å². The SMILES string of the molecule is CCn1nc(C(=O)NCCc2cccs2)cc1-c1cccc(C(F)(F)F)c1. The minimum absolute atomic E-state index is 0.190. The van der Waals surface area contributed by atoms with Crippen molar-refractivity contribution in [3.05, 3.63) is 64.0 Å². The van der Waals surface area contributed by atoms with Crippen molar-refractivity contribution in [1.29, 1.82) is 0 Å². The summed E-state index contributed by atoms with van der Waals surface area (Å²) in [5.41, 5.74) is 0.310. The molecule has 0 aliphatic carbocycles. The Morgan fingerprint density at radius 1 is 1.22 bits per heavy atom. The molecule has 2 aromatic heterocycles. The largest absolute Gasteiger partial charge is 0.416 e. The summed E-state index contributed by atoms with van der Waals surface area (Å²) in [7, 11) is 0. The second-order valence-corrected chi connectivity index (χ2v) is 6.93. The van der Waals surface area contributed by atoms with Gasteiger partial charge in [-0.2, -0.15) is 18.3 Å². The van der Waals surface area contributed by atoms with E-state index in [4.69, 9.17) is 0 Å². The fourth-order valence-corrected chi connectivity index (χ4v) is 3.41. The molecule has 0 aliphatic heterocycles. The third-order valence-electron chi connectivity index (χ3n) is 4.03. The number of nitrogens with zero attached hydrogens (tertiary/aromatic N) is 2. The van der Waals surface area contributed by atoms with E-state index in [-0.39, 0.29) is 11.6 Å². The lowest BCUT2D eigenvalue weighted by Gasteiger charge is -2.09. The van der Waals surface area contributed by atoms with E-state index in [2.05, 4.69) is 10.4 Å². The van der Waals surface area contributed by atoms with Gasteiger partial charge in [0.25, 0.3) is 5.91 Å². The van der Waals surface area contributed by atoms with E-state index in [0.717, 1.165) is 18.6 Å². The zero-order chi connectivity index (χ0) is 19.4. The third-order valence-corrected chi connectivity index (χ3v) is 4.97. The number of thiophene rings is 1. The first-order valence-electron chi connectivity index (χ1n) is 8.44. The lowest BCUT2D eigenvalue weighted by molar-refractivity contribution is -0.137. The average Bonchev–Trinajstić information content (AvgIpc) is 3.30. The molecule has 0 atom stereocenters. The highest BCUT2D eigenvalue weighted by atomic mass is 32.1. The van der Waals surface area contributed by atoms with Crippen molar-refractivity contribution < 1.29 is 18.0 Å². The van der Waals surface area contributed by atoms with E-state index in [1.54, 1.807) is 17.4 Å². The van der Waals surface area contributed by atoms with Crippen LogP contribution in [0.4, 0.5) is 13.2 Å². The van der Waals surface area contributed by atoms with E-state index in [1.807, 2.05) is 24.4 Å². The Kier molecular flexibility index (Phi) is 5.65. The maximum absolute atomic E-state index is 13.0. The zero-order valence-electron chi connectivity index (χ0n) is 14.6. The molecule has 0 fully saturated rings. The van der Waals surface area contributed by atoms with Crippen LogP contribution in [0.2, 0.25) is 0 Å². The van der Waals surface area contributed by atoms with Gasteiger partial charge in [-0.05, 0) is 43.0 Å². The minimum Gasteiger partial charge on any atom is -0.350 e. The first-order chi connectivity index (χ1) is 12.9. The van der Waals surface area contributed by atoms with Crippen LogP contribution in [0.15, 0.2) is 47.8 Å². The molecule has 0 bridgehead atoms. The fourth-order valence-electron chi connectivity index (χ4n) is 2.70. The van der Waals surface area contributed by atoms with E-state index in [0.29, 0.717) is 24.3 Å². The van der Waals surface area contributed by atoms with Crippen molar-refractivity contribution in [3.63, 3.8) is 0 Å². The number of hydrogen-bond donors (Lipinski definition) is 1. The van der Waals surface area contributed by atoms with E-state index >= 15 is 0 Å². The molecule has 0 unspecified atom stereocenters. The average molecular weight is 393 g/mol. The monoisotopic (exact) mass is 393 g/mol. The Labute approximate surface area is 158 Å². The molecule has 4 nitrogen and oxygen atoms in total. The van der Waals surface area contributed by atoms with Crippen molar-refractivity contribution in [2.45, 2.75) is 26.1 Å². The highest BCUT2D eigenvalue weighted by molar-refractivity contribution is 7.09. The van der Waals surface area contributed by atoms with Crippen molar-refractivity contribution in [2.75, 3.05) is 6.54 Å². The number of hydrogen-bond acceptors (Lipinski definition) is 3. The molecule has 0 spiro atoms. The standard InChI is InChI=1S/C19H18F3N3OS/c1-2-25-17(13-5-3-6-14(11-13)19(20,21)22)12-16(24-25)18(26)23-9-8-15-7-4-10-27-15/h3-7,10-12H,2,8-9H2,1H3,(H,23,26). The number of aromatic nitrogens is 2. The first kappa shape index (κ1) is 19.2. The zero-order valence-corrected chi connectivity index (χ0v) is 15.4. The first-order valence-corrected chi connectivity index (χ1v) is 9.32. The Hall–Kier alpha value is -2.61. The summed E-state index contributed by atoms with van der Waals surface area (Å²) < 4.78 is 40.4. The lowest BCUT2D eigenvalue weighted by Crippen LogP contribution is -2.26. The van der Waals surface area contributed by atoms with Gasteiger partial charge in [0.1, 0.15) is 0 Å². The van der Waals surface area contributed by atoms with E-state index in [9.17, 15) is 18.0 Å². The minimum atomic E-state index is -4.42. The van der Waals surface area contributed by atoms with Crippen LogP contribution in [-0.4, -0.2) is 22.2 Å². The molecule has 2 heterocycles. The van der Waals surface area contributed by atoms with Crippen LogP contribution in [0.25, 0.3) is 11.3 Å². The van der Waals surface area contributed by atoms with Gasteiger partial charge in [-0.15, -0.1) is 11.3 Å². The summed E-state index contributed by atoms with van der Waals surface area (Å²) in [6, 6.07) is 10.5. The number of nitrogens with one attached hydrogen (secondary N) is 1. The molecule has 8 heteroatoms. The Balaban J connectivity index is 1.78. The molecular formula is C19H18F3N3OS. The van der Waals surface area contributed by atoms with Gasteiger partial charge in [-0.1, -0.05) is 18.2 Å². The van der Waals surface area contributed by atoms with Gasteiger partial charge in [0.15, 0.2) is 5.69 Å². The van der Waals surface area contributed by atoms with Crippen molar-refractivity contribution in [2.24, 2.45) is 0 Å². The van der Waals surface area contributed by atoms with Crippen LogP contribution in [-0.2, 0) is 19.1 Å². The molecule has 0 aliphatic rings. The molecule has 142 valence electrons. The molecule has 0 saturated heterocycles. The molecule has 3 rings (SSSR count). The Bertz CT molecular complexity index is 917. The molecule has 27 heavy (non-hydrogen) atoms. The predicted octanol–water partition coefficient (Wildman–Crippen LogP) is 4.62. The van der Waals surface area contributed by atoms with Gasteiger partial charge in [-0.3, -0.25) is 9.48 Å². The van der Waals surface area contributed by atoms with Crippen LogP contribution in [0, 0.1) is 0 Å². The Morgan fingerprint density at radius 3 is 2.70 bits per heavy atom. The van der Waals surface area contributed by atoms with Gasteiger partial charge in [0.2, 0.25) is 0 Å². The number of alkyl halides is 3. The van der Waals surface area contributed by atoms with Gasteiger partial charge < -0.3 is 5.32 Å². The van der Waals surface area contributed by atoms with Crippen LogP contribution in [0.1, 0.15) is 27.9 Å². The van der Waals surface area contributed by atoms with Crippen LogP contribution in [0.3, 0.4) is 0 Å². The molecule has 0 saturated carbocycles. The van der Waals surface area contributed by atoms with Gasteiger partial charge in [-0.25, -0.2) is 0 Å². The number of benzene rings is 1. The summed E-state index contributed by atoms with van der Waals surface area (Å²) >= 11 is 1.62.